The highest BCUT2D eigenvalue weighted by Crippen LogP contribution is 2.31. The van der Waals surface area contributed by atoms with Gasteiger partial charge in [0.15, 0.2) is 0 Å². The van der Waals surface area contributed by atoms with Crippen molar-refractivity contribution in [2.45, 2.75) is 25.8 Å². The van der Waals surface area contributed by atoms with Crippen LogP contribution in [0.25, 0.3) is 0 Å². The first-order chi connectivity index (χ1) is 14.0. The number of carbonyl (C=O) groups excluding carboxylic acids is 1. The zero-order valence-electron chi connectivity index (χ0n) is 16.7. The SMILES string of the molecule is C[C@@H]1CCc2ccccc2N1CC(=O)N1CCN(c2ccccc2[N+](=O)[O-])CC1. The molecule has 0 unspecified atom stereocenters. The molecule has 2 aromatic rings. The Bertz CT molecular complexity index is 908. The number of amides is 1. The molecule has 2 aromatic carbocycles. The highest BCUT2D eigenvalue weighted by molar-refractivity contribution is 5.82. The summed E-state index contributed by atoms with van der Waals surface area (Å²) in [6, 6.07) is 15.5. The van der Waals surface area contributed by atoms with E-state index in [1.807, 2.05) is 21.9 Å². The van der Waals surface area contributed by atoms with E-state index in [0.29, 0.717) is 44.5 Å². The largest absolute Gasteiger partial charge is 0.362 e. The van der Waals surface area contributed by atoms with Crippen LogP contribution in [-0.4, -0.2) is 54.5 Å². The fourth-order valence-corrected chi connectivity index (χ4v) is 4.33. The van der Waals surface area contributed by atoms with Gasteiger partial charge in [0.25, 0.3) is 5.69 Å². The molecule has 1 saturated heterocycles. The highest BCUT2D eigenvalue weighted by Gasteiger charge is 2.29. The topological polar surface area (TPSA) is 69.9 Å². The van der Waals surface area contributed by atoms with Crippen LogP contribution < -0.4 is 9.80 Å². The molecular formula is C22H26N4O3. The van der Waals surface area contributed by atoms with E-state index in [4.69, 9.17) is 0 Å². The van der Waals surface area contributed by atoms with Gasteiger partial charge in [-0.25, -0.2) is 0 Å². The average molecular weight is 394 g/mol. The fourth-order valence-electron chi connectivity index (χ4n) is 4.33. The maximum absolute atomic E-state index is 13.0. The van der Waals surface area contributed by atoms with Crippen LogP contribution in [0.2, 0.25) is 0 Å². The zero-order chi connectivity index (χ0) is 20.4. The van der Waals surface area contributed by atoms with Crippen molar-refractivity contribution in [3.63, 3.8) is 0 Å². The summed E-state index contributed by atoms with van der Waals surface area (Å²) in [4.78, 5) is 30.1. The second-order valence-corrected chi connectivity index (χ2v) is 7.76. The van der Waals surface area contributed by atoms with Crippen molar-refractivity contribution < 1.29 is 9.72 Å². The van der Waals surface area contributed by atoms with E-state index in [1.165, 1.54) is 11.6 Å². The van der Waals surface area contributed by atoms with E-state index in [1.54, 1.807) is 12.1 Å². The van der Waals surface area contributed by atoms with Gasteiger partial charge in [-0.2, -0.15) is 0 Å². The summed E-state index contributed by atoms with van der Waals surface area (Å²) in [5, 5.41) is 11.3. The van der Waals surface area contributed by atoms with Gasteiger partial charge in [-0.3, -0.25) is 14.9 Å². The van der Waals surface area contributed by atoms with Crippen molar-refractivity contribution in [3.05, 3.63) is 64.2 Å². The van der Waals surface area contributed by atoms with Crippen molar-refractivity contribution in [1.82, 2.24) is 4.90 Å². The Morgan fingerprint density at radius 3 is 2.41 bits per heavy atom. The number of rotatable bonds is 4. The number of hydrogen-bond acceptors (Lipinski definition) is 5. The van der Waals surface area contributed by atoms with Crippen LogP contribution in [0.3, 0.4) is 0 Å². The Kier molecular flexibility index (Phi) is 5.38. The summed E-state index contributed by atoms with van der Waals surface area (Å²) in [5.41, 5.74) is 3.21. The monoisotopic (exact) mass is 394 g/mol. The van der Waals surface area contributed by atoms with E-state index in [-0.39, 0.29) is 16.5 Å². The third kappa shape index (κ3) is 3.90. The number of aryl methyl sites for hydroxylation is 1. The van der Waals surface area contributed by atoms with E-state index >= 15 is 0 Å². The lowest BCUT2D eigenvalue weighted by molar-refractivity contribution is -0.384. The van der Waals surface area contributed by atoms with Gasteiger partial charge in [0.05, 0.1) is 11.5 Å². The molecule has 0 radical (unpaired) electrons. The van der Waals surface area contributed by atoms with Crippen molar-refractivity contribution >= 4 is 23.0 Å². The summed E-state index contributed by atoms with van der Waals surface area (Å²) in [6.07, 6.45) is 2.10. The summed E-state index contributed by atoms with van der Waals surface area (Å²) < 4.78 is 0. The van der Waals surface area contributed by atoms with Crippen molar-refractivity contribution in [2.24, 2.45) is 0 Å². The molecular weight excluding hydrogens is 368 g/mol. The summed E-state index contributed by atoms with van der Waals surface area (Å²) in [6.45, 7) is 4.91. The van der Waals surface area contributed by atoms with Crippen molar-refractivity contribution in [3.8, 4) is 0 Å². The first-order valence-corrected chi connectivity index (χ1v) is 10.2. The minimum Gasteiger partial charge on any atom is -0.362 e. The minimum atomic E-state index is -0.345. The molecule has 2 aliphatic rings. The third-order valence-electron chi connectivity index (χ3n) is 6.02. The number of benzene rings is 2. The molecule has 0 aromatic heterocycles. The molecule has 7 heteroatoms. The van der Waals surface area contributed by atoms with Gasteiger partial charge >= 0.3 is 0 Å². The van der Waals surface area contributed by atoms with E-state index in [0.717, 1.165) is 18.5 Å². The van der Waals surface area contributed by atoms with Gasteiger partial charge in [0.2, 0.25) is 5.91 Å². The van der Waals surface area contributed by atoms with E-state index in [9.17, 15) is 14.9 Å². The maximum atomic E-state index is 13.0. The number of carbonyl (C=O) groups is 1. The molecule has 1 fully saturated rings. The number of anilines is 2. The molecule has 0 aliphatic carbocycles. The van der Waals surface area contributed by atoms with Crippen LogP contribution in [0.1, 0.15) is 18.9 Å². The van der Waals surface area contributed by atoms with Crippen LogP contribution in [0.4, 0.5) is 17.1 Å². The van der Waals surface area contributed by atoms with Gasteiger partial charge in [-0.15, -0.1) is 0 Å². The van der Waals surface area contributed by atoms with Crippen LogP contribution >= 0.6 is 0 Å². The predicted octanol–water partition coefficient (Wildman–Crippen LogP) is 3.08. The Morgan fingerprint density at radius 1 is 1.03 bits per heavy atom. The van der Waals surface area contributed by atoms with E-state index < -0.39 is 0 Å². The molecule has 1 amide bonds. The number of fused-ring (bicyclic) bond motifs is 1. The molecule has 0 saturated carbocycles. The number of nitro groups is 1. The maximum Gasteiger partial charge on any atom is 0.292 e. The van der Waals surface area contributed by atoms with Gasteiger partial charge < -0.3 is 14.7 Å². The lowest BCUT2D eigenvalue weighted by Crippen LogP contribution is -2.52. The smallest absolute Gasteiger partial charge is 0.292 e. The highest BCUT2D eigenvalue weighted by atomic mass is 16.6. The molecule has 7 nitrogen and oxygen atoms in total. The van der Waals surface area contributed by atoms with Crippen LogP contribution in [-0.2, 0) is 11.2 Å². The summed E-state index contributed by atoms with van der Waals surface area (Å²) in [5.74, 6) is 0.121. The van der Waals surface area contributed by atoms with Crippen molar-refractivity contribution in [2.75, 3.05) is 42.5 Å². The van der Waals surface area contributed by atoms with Gasteiger partial charge in [0, 0.05) is 44.0 Å². The third-order valence-corrected chi connectivity index (χ3v) is 6.02. The Morgan fingerprint density at radius 2 is 1.69 bits per heavy atom. The predicted molar refractivity (Wildman–Crippen MR) is 113 cm³/mol. The van der Waals surface area contributed by atoms with E-state index in [2.05, 4.69) is 30.0 Å². The minimum absolute atomic E-state index is 0.117. The van der Waals surface area contributed by atoms with Gasteiger partial charge in [-0.05, 0) is 37.5 Å². The lowest BCUT2D eigenvalue weighted by atomic mass is 9.96. The fraction of sp³-hybridized carbons (Fsp3) is 0.409. The zero-order valence-corrected chi connectivity index (χ0v) is 16.7. The molecule has 2 aliphatic heterocycles. The van der Waals surface area contributed by atoms with Crippen LogP contribution in [0, 0.1) is 10.1 Å². The Labute approximate surface area is 170 Å². The standard InChI is InChI=1S/C22H26N4O3/c1-17-10-11-18-6-2-3-7-19(18)25(17)16-22(27)24-14-12-23(13-15-24)20-8-4-5-9-21(20)26(28)29/h2-9,17H,10-16H2,1H3/t17-/m1/s1. The normalized spacial score (nSPS) is 19.1. The molecule has 0 spiro atoms. The first-order valence-electron chi connectivity index (χ1n) is 10.2. The quantitative estimate of drug-likeness (QED) is 0.589. The van der Waals surface area contributed by atoms with Gasteiger partial charge in [0.1, 0.15) is 5.69 Å². The van der Waals surface area contributed by atoms with Crippen molar-refractivity contribution in [1.29, 1.82) is 0 Å². The summed E-state index contributed by atoms with van der Waals surface area (Å²) in [7, 11) is 0. The Hall–Kier alpha value is -3.09. The molecule has 0 bridgehead atoms. The molecule has 152 valence electrons. The number of piperazine rings is 1. The summed E-state index contributed by atoms with van der Waals surface area (Å²) >= 11 is 0. The molecule has 2 heterocycles. The molecule has 4 rings (SSSR count). The average Bonchev–Trinajstić information content (AvgIpc) is 2.75. The number of nitro benzene ring substituents is 1. The molecule has 1 atom stereocenters. The van der Waals surface area contributed by atoms with Crippen LogP contribution in [0.5, 0.6) is 0 Å². The molecule has 29 heavy (non-hydrogen) atoms. The second-order valence-electron chi connectivity index (χ2n) is 7.76. The molecule has 0 N–H and O–H groups in total. The number of para-hydroxylation sites is 3. The number of nitrogens with zero attached hydrogens (tertiary/aromatic N) is 4. The second kappa shape index (κ2) is 8.11. The number of hydrogen-bond donors (Lipinski definition) is 0. The first kappa shape index (κ1) is 19.2. The van der Waals surface area contributed by atoms with Gasteiger partial charge in [-0.1, -0.05) is 30.3 Å². The Balaban J connectivity index is 1.41. The lowest BCUT2D eigenvalue weighted by Gasteiger charge is -2.40. The van der Waals surface area contributed by atoms with Crippen LogP contribution in [0.15, 0.2) is 48.5 Å².